The van der Waals surface area contributed by atoms with Crippen LogP contribution in [0.25, 0.3) is 0 Å². The zero-order valence-corrected chi connectivity index (χ0v) is 12.4. The lowest BCUT2D eigenvalue weighted by atomic mass is 10.0. The third kappa shape index (κ3) is 3.83. The van der Waals surface area contributed by atoms with Crippen molar-refractivity contribution in [2.24, 2.45) is 0 Å². The molecule has 0 heterocycles. The van der Waals surface area contributed by atoms with Crippen LogP contribution in [0.3, 0.4) is 0 Å². The maximum atomic E-state index is 13.4. The summed E-state index contributed by atoms with van der Waals surface area (Å²) in [5.74, 6) is -1.12. The zero-order chi connectivity index (χ0) is 14.8. The Morgan fingerprint density at radius 3 is 2.42 bits per heavy atom. The quantitative estimate of drug-likeness (QED) is 0.631. The highest BCUT2D eigenvalue weighted by Crippen LogP contribution is 2.42. The van der Waals surface area contributed by atoms with Gasteiger partial charge in [0.25, 0.3) is 0 Å². The number of carbonyl (C=O) groups is 1. The van der Waals surface area contributed by atoms with Gasteiger partial charge in [-0.1, -0.05) is 20.8 Å². The molecule has 1 aromatic rings. The molecular weight excluding hydrogens is 294 g/mol. The maximum absolute atomic E-state index is 13.4. The molecule has 0 spiro atoms. The number of carboxylic acid groups (broad SMARTS) is 1. The smallest absolute Gasteiger partial charge is 0.349 e. The van der Waals surface area contributed by atoms with Gasteiger partial charge in [-0.2, -0.15) is 8.78 Å². The minimum Gasteiger partial charge on any atom is -0.478 e. The standard InChI is InChI=1S/C13H15ClF2O2S/c1-4-8-9(12(17)18)5-6-10(13(14,15)16)11(8)19-7(2)3/h5-7H,4H2,1-3H3,(H,17,18). The molecule has 0 bridgehead atoms. The fourth-order valence-corrected chi connectivity index (χ4v) is 3.18. The molecule has 0 aliphatic rings. The summed E-state index contributed by atoms with van der Waals surface area (Å²) < 4.78 is 26.8. The van der Waals surface area contributed by atoms with Crippen molar-refractivity contribution in [3.63, 3.8) is 0 Å². The normalized spacial score (nSPS) is 11.9. The third-order valence-corrected chi connectivity index (χ3v) is 3.88. The van der Waals surface area contributed by atoms with Crippen LogP contribution >= 0.6 is 23.4 Å². The van der Waals surface area contributed by atoms with Crippen LogP contribution in [-0.4, -0.2) is 16.3 Å². The number of hydrogen-bond acceptors (Lipinski definition) is 2. The Morgan fingerprint density at radius 2 is 2.05 bits per heavy atom. The van der Waals surface area contributed by atoms with Gasteiger partial charge in [-0.3, -0.25) is 0 Å². The highest BCUT2D eigenvalue weighted by Gasteiger charge is 2.33. The molecule has 1 rings (SSSR count). The van der Waals surface area contributed by atoms with Crippen molar-refractivity contribution in [2.45, 2.75) is 42.7 Å². The Balaban J connectivity index is 3.55. The molecule has 0 radical (unpaired) electrons. The van der Waals surface area contributed by atoms with Gasteiger partial charge in [-0.15, -0.1) is 11.8 Å². The van der Waals surface area contributed by atoms with E-state index in [0.29, 0.717) is 12.0 Å². The average Bonchev–Trinajstić information content (AvgIpc) is 2.25. The number of hydrogen-bond donors (Lipinski definition) is 1. The molecule has 0 saturated carbocycles. The number of halogens is 3. The van der Waals surface area contributed by atoms with E-state index in [-0.39, 0.29) is 21.3 Å². The molecule has 2 nitrogen and oxygen atoms in total. The predicted molar refractivity (Wildman–Crippen MR) is 73.5 cm³/mol. The molecule has 0 amide bonds. The molecule has 0 aromatic heterocycles. The molecule has 1 aromatic carbocycles. The first-order valence-electron chi connectivity index (χ1n) is 5.81. The van der Waals surface area contributed by atoms with Crippen LogP contribution in [0, 0.1) is 0 Å². The van der Waals surface area contributed by atoms with Crippen molar-refractivity contribution in [2.75, 3.05) is 0 Å². The Kier molecular flexibility index (Phi) is 5.21. The van der Waals surface area contributed by atoms with Gasteiger partial charge in [0.1, 0.15) is 0 Å². The van der Waals surface area contributed by atoms with Gasteiger partial charge < -0.3 is 5.11 Å². The third-order valence-electron chi connectivity index (χ3n) is 2.50. The number of alkyl halides is 3. The summed E-state index contributed by atoms with van der Waals surface area (Å²) in [6.45, 7) is 5.45. The van der Waals surface area contributed by atoms with E-state index in [2.05, 4.69) is 0 Å². The van der Waals surface area contributed by atoms with Gasteiger partial charge >= 0.3 is 11.4 Å². The number of rotatable bonds is 5. The molecule has 106 valence electrons. The van der Waals surface area contributed by atoms with E-state index in [1.165, 1.54) is 17.8 Å². The molecule has 19 heavy (non-hydrogen) atoms. The first kappa shape index (κ1) is 16.2. The van der Waals surface area contributed by atoms with E-state index >= 15 is 0 Å². The monoisotopic (exact) mass is 308 g/mol. The van der Waals surface area contributed by atoms with Crippen LogP contribution in [0.2, 0.25) is 0 Å². The predicted octanol–water partition coefficient (Wildman–Crippen LogP) is 4.74. The molecule has 0 unspecified atom stereocenters. The van der Waals surface area contributed by atoms with Gasteiger partial charge in [0.05, 0.1) is 11.1 Å². The first-order valence-corrected chi connectivity index (χ1v) is 7.07. The highest BCUT2D eigenvalue weighted by molar-refractivity contribution is 8.00. The maximum Gasteiger partial charge on any atom is 0.349 e. The van der Waals surface area contributed by atoms with Crippen LogP contribution in [0.1, 0.15) is 42.3 Å². The second-order valence-corrected chi connectivity index (χ2v) is 6.35. The molecule has 0 fully saturated rings. The second-order valence-electron chi connectivity index (χ2n) is 4.29. The lowest BCUT2D eigenvalue weighted by Crippen LogP contribution is -2.12. The summed E-state index contributed by atoms with van der Waals surface area (Å²) in [7, 11) is 0. The number of carboxylic acids is 1. The van der Waals surface area contributed by atoms with Gasteiger partial charge in [0.2, 0.25) is 0 Å². The Bertz CT molecular complexity index is 484. The van der Waals surface area contributed by atoms with Crippen LogP contribution in [0.5, 0.6) is 0 Å². The molecule has 6 heteroatoms. The summed E-state index contributed by atoms with van der Waals surface area (Å²) in [5, 5.41) is 5.67. The van der Waals surface area contributed by atoms with E-state index in [1.54, 1.807) is 6.92 Å². The molecule has 0 aliphatic carbocycles. The van der Waals surface area contributed by atoms with Crippen molar-refractivity contribution in [1.82, 2.24) is 0 Å². The van der Waals surface area contributed by atoms with Gasteiger partial charge in [0.15, 0.2) is 0 Å². The van der Waals surface area contributed by atoms with Crippen LogP contribution < -0.4 is 0 Å². The summed E-state index contributed by atoms with van der Waals surface area (Å²) in [6.07, 6.45) is 0.359. The second kappa shape index (κ2) is 6.09. The average molecular weight is 309 g/mol. The minimum atomic E-state index is -3.50. The molecule has 0 atom stereocenters. The van der Waals surface area contributed by atoms with Gasteiger partial charge in [-0.05, 0) is 35.7 Å². The molecule has 1 N–H and O–H groups in total. The highest BCUT2D eigenvalue weighted by atomic mass is 35.5. The minimum absolute atomic E-state index is 0.0483. The molecule has 0 aliphatic heterocycles. The van der Waals surface area contributed by atoms with Crippen LogP contribution in [0.4, 0.5) is 8.78 Å². The van der Waals surface area contributed by atoms with E-state index < -0.39 is 11.4 Å². The number of benzene rings is 1. The summed E-state index contributed by atoms with van der Waals surface area (Å²) >= 11 is 6.32. The lowest BCUT2D eigenvalue weighted by Gasteiger charge is -2.20. The van der Waals surface area contributed by atoms with E-state index in [0.717, 1.165) is 6.07 Å². The van der Waals surface area contributed by atoms with Crippen molar-refractivity contribution in [1.29, 1.82) is 0 Å². The van der Waals surface area contributed by atoms with Crippen LogP contribution in [0.15, 0.2) is 17.0 Å². The number of thioether (sulfide) groups is 1. The zero-order valence-electron chi connectivity index (χ0n) is 10.8. The molecule has 0 saturated heterocycles. The van der Waals surface area contributed by atoms with Gasteiger partial charge in [0, 0.05) is 10.1 Å². The van der Waals surface area contributed by atoms with Crippen molar-refractivity contribution >= 4 is 29.3 Å². The van der Waals surface area contributed by atoms with Crippen molar-refractivity contribution in [3.8, 4) is 0 Å². The summed E-state index contributed by atoms with van der Waals surface area (Å²) in [5.41, 5.74) is 0.133. The van der Waals surface area contributed by atoms with Crippen molar-refractivity contribution in [3.05, 3.63) is 28.8 Å². The topological polar surface area (TPSA) is 37.3 Å². The Labute approximate surface area is 120 Å². The Morgan fingerprint density at radius 1 is 1.47 bits per heavy atom. The lowest BCUT2D eigenvalue weighted by molar-refractivity contribution is 0.0692. The number of aromatic carboxylic acids is 1. The fraction of sp³-hybridized carbons (Fsp3) is 0.462. The van der Waals surface area contributed by atoms with Crippen molar-refractivity contribution < 1.29 is 18.7 Å². The molecular formula is C13H15ClF2O2S. The first-order chi connectivity index (χ1) is 8.68. The summed E-state index contributed by atoms with van der Waals surface area (Å²) in [6, 6.07) is 2.29. The fourth-order valence-electron chi connectivity index (χ4n) is 1.77. The van der Waals surface area contributed by atoms with Crippen LogP contribution in [-0.2, 0) is 11.8 Å². The largest absolute Gasteiger partial charge is 0.478 e. The summed E-state index contributed by atoms with van der Waals surface area (Å²) in [4.78, 5) is 11.4. The Hall–Kier alpha value is -0.810. The SMILES string of the molecule is CCc1c(C(=O)O)ccc(C(F)(F)Cl)c1SC(C)C. The van der Waals surface area contributed by atoms with E-state index in [9.17, 15) is 13.6 Å². The van der Waals surface area contributed by atoms with E-state index in [4.69, 9.17) is 16.7 Å². The van der Waals surface area contributed by atoms with Gasteiger partial charge in [-0.25, -0.2) is 4.79 Å². The van der Waals surface area contributed by atoms with E-state index in [1.807, 2.05) is 13.8 Å².